The lowest BCUT2D eigenvalue weighted by atomic mass is 9.83. The molecule has 2 heterocycles. The Bertz CT molecular complexity index is 403. The van der Waals surface area contributed by atoms with Gasteiger partial charge in [-0.2, -0.15) is 0 Å². The number of carbonyl (C=O) groups excluding carboxylic acids is 1. The average Bonchev–Trinajstić information content (AvgIpc) is 2.74. The van der Waals surface area contributed by atoms with Crippen LogP contribution in [0.25, 0.3) is 0 Å². The molecule has 3 nitrogen and oxygen atoms in total. The monoisotopic (exact) mass is 308 g/mol. The molecule has 2 rings (SSSR count). The molecule has 1 aliphatic rings. The van der Waals surface area contributed by atoms with Crippen molar-refractivity contribution in [3.63, 3.8) is 0 Å². The quantitative estimate of drug-likeness (QED) is 0.901. The lowest BCUT2D eigenvalue weighted by Gasteiger charge is -2.34. The fourth-order valence-corrected chi connectivity index (χ4v) is 3.16. The molecule has 2 N–H and O–H groups in total. The third kappa shape index (κ3) is 3.85. The van der Waals surface area contributed by atoms with E-state index in [2.05, 4.69) is 17.6 Å². The highest BCUT2D eigenvalue weighted by molar-refractivity contribution is 7.12. The van der Waals surface area contributed by atoms with Crippen molar-refractivity contribution in [2.75, 3.05) is 19.6 Å². The van der Waals surface area contributed by atoms with Gasteiger partial charge in [0.05, 0.1) is 5.02 Å². The summed E-state index contributed by atoms with van der Waals surface area (Å²) >= 11 is 7.31. The van der Waals surface area contributed by atoms with Crippen LogP contribution in [0, 0.1) is 5.41 Å². The number of nitrogens with one attached hydrogen (secondary N) is 2. The zero-order valence-electron chi connectivity index (χ0n) is 10.3. The number of piperidine rings is 1. The fraction of sp³-hybridized carbons (Fsp3) is 0.583. The Balaban J connectivity index is 0.00000162. The van der Waals surface area contributed by atoms with Crippen molar-refractivity contribution in [3.8, 4) is 0 Å². The summed E-state index contributed by atoms with van der Waals surface area (Å²) in [5.74, 6) is -0.0585. The molecule has 18 heavy (non-hydrogen) atoms. The van der Waals surface area contributed by atoms with Crippen LogP contribution in [-0.4, -0.2) is 25.5 Å². The average molecular weight is 309 g/mol. The largest absolute Gasteiger partial charge is 0.351 e. The Labute approximate surface area is 123 Å². The zero-order chi connectivity index (χ0) is 12.3. The second-order valence-corrected chi connectivity index (χ2v) is 6.19. The molecule has 1 unspecified atom stereocenters. The van der Waals surface area contributed by atoms with Gasteiger partial charge in [0.25, 0.3) is 5.91 Å². The number of carbonyl (C=O) groups is 1. The molecule has 0 aromatic carbocycles. The molecule has 1 fully saturated rings. The smallest absolute Gasteiger partial charge is 0.262 e. The Morgan fingerprint density at radius 1 is 1.67 bits per heavy atom. The Morgan fingerprint density at radius 2 is 2.44 bits per heavy atom. The molecule has 1 aliphatic heterocycles. The first kappa shape index (κ1) is 15.8. The molecule has 1 atom stereocenters. The van der Waals surface area contributed by atoms with Gasteiger partial charge in [0.15, 0.2) is 0 Å². The van der Waals surface area contributed by atoms with E-state index < -0.39 is 0 Å². The van der Waals surface area contributed by atoms with E-state index in [-0.39, 0.29) is 23.7 Å². The molecule has 0 radical (unpaired) electrons. The highest BCUT2D eigenvalue weighted by Gasteiger charge is 2.27. The van der Waals surface area contributed by atoms with Gasteiger partial charge in [-0.1, -0.05) is 18.5 Å². The minimum absolute atomic E-state index is 0. The van der Waals surface area contributed by atoms with Gasteiger partial charge >= 0.3 is 0 Å². The minimum Gasteiger partial charge on any atom is -0.351 e. The summed E-state index contributed by atoms with van der Waals surface area (Å²) in [6.07, 6.45) is 2.32. The molecular formula is C12H18Cl2N2OS. The first-order chi connectivity index (χ1) is 8.11. The summed E-state index contributed by atoms with van der Waals surface area (Å²) in [6.45, 7) is 4.95. The van der Waals surface area contributed by atoms with Crippen LogP contribution in [0.4, 0.5) is 0 Å². The second kappa shape index (κ2) is 6.75. The Hall–Kier alpha value is -0.290. The highest BCUT2D eigenvalue weighted by Crippen LogP contribution is 2.25. The highest BCUT2D eigenvalue weighted by atomic mass is 35.5. The first-order valence-corrected chi connectivity index (χ1v) is 7.08. The maximum atomic E-state index is 11.9. The number of amides is 1. The number of hydrogen-bond acceptors (Lipinski definition) is 3. The van der Waals surface area contributed by atoms with E-state index in [0.29, 0.717) is 16.4 Å². The normalized spacial score (nSPS) is 23.2. The molecule has 0 spiro atoms. The van der Waals surface area contributed by atoms with Crippen LogP contribution in [0.1, 0.15) is 29.4 Å². The van der Waals surface area contributed by atoms with Crippen LogP contribution in [0.5, 0.6) is 0 Å². The number of halogens is 2. The molecule has 0 bridgehead atoms. The van der Waals surface area contributed by atoms with E-state index in [1.165, 1.54) is 17.8 Å². The molecular weight excluding hydrogens is 291 g/mol. The van der Waals surface area contributed by atoms with Crippen molar-refractivity contribution in [1.82, 2.24) is 10.6 Å². The molecule has 6 heteroatoms. The van der Waals surface area contributed by atoms with Crippen molar-refractivity contribution in [3.05, 3.63) is 21.3 Å². The molecule has 0 aliphatic carbocycles. The predicted molar refractivity (Wildman–Crippen MR) is 79.1 cm³/mol. The molecule has 1 aromatic heterocycles. The van der Waals surface area contributed by atoms with Gasteiger partial charge in [0.2, 0.25) is 0 Å². The Morgan fingerprint density at radius 3 is 3.00 bits per heavy atom. The van der Waals surface area contributed by atoms with E-state index in [1.54, 1.807) is 6.07 Å². The summed E-state index contributed by atoms with van der Waals surface area (Å²) in [5.41, 5.74) is 0.164. The first-order valence-electron chi connectivity index (χ1n) is 5.83. The van der Waals surface area contributed by atoms with Crippen molar-refractivity contribution in [1.29, 1.82) is 0 Å². The molecule has 1 aromatic rings. The van der Waals surface area contributed by atoms with Crippen LogP contribution in [0.3, 0.4) is 0 Å². The van der Waals surface area contributed by atoms with Crippen LogP contribution in [-0.2, 0) is 0 Å². The van der Waals surface area contributed by atoms with Crippen LogP contribution >= 0.6 is 35.3 Å². The van der Waals surface area contributed by atoms with Crippen LogP contribution < -0.4 is 10.6 Å². The van der Waals surface area contributed by atoms with Gasteiger partial charge < -0.3 is 10.6 Å². The SMILES string of the molecule is CC1(CNC(=O)c2sccc2Cl)CCCNC1.Cl. The van der Waals surface area contributed by atoms with Crippen molar-refractivity contribution in [2.24, 2.45) is 5.41 Å². The van der Waals surface area contributed by atoms with E-state index in [9.17, 15) is 4.79 Å². The molecule has 102 valence electrons. The van der Waals surface area contributed by atoms with Crippen LogP contribution in [0.2, 0.25) is 5.02 Å². The topological polar surface area (TPSA) is 41.1 Å². The molecule has 1 amide bonds. The predicted octanol–water partition coefficient (Wildman–Crippen LogP) is 2.94. The van der Waals surface area contributed by atoms with Gasteiger partial charge in [-0.05, 0) is 36.2 Å². The lowest BCUT2D eigenvalue weighted by molar-refractivity contribution is 0.0929. The minimum atomic E-state index is -0.0585. The van der Waals surface area contributed by atoms with Gasteiger partial charge in [-0.3, -0.25) is 4.79 Å². The van der Waals surface area contributed by atoms with Crippen molar-refractivity contribution in [2.45, 2.75) is 19.8 Å². The number of rotatable bonds is 3. The molecule has 1 saturated heterocycles. The maximum absolute atomic E-state index is 11.9. The summed E-state index contributed by atoms with van der Waals surface area (Å²) in [4.78, 5) is 12.5. The number of hydrogen-bond donors (Lipinski definition) is 2. The van der Waals surface area contributed by atoms with E-state index >= 15 is 0 Å². The fourth-order valence-electron chi connectivity index (χ4n) is 2.10. The van der Waals surface area contributed by atoms with Crippen molar-refractivity contribution >= 4 is 41.3 Å². The van der Waals surface area contributed by atoms with E-state index in [1.807, 2.05) is 5.38 Å². The standard InChI is InChI=1S/C12H17ClN2OS.ClH/c1-12(4-2-5-14-7-12)8-15-11(16)10-9(13)3-6-17-10;/h3,6,14H,2,4-5,7-8H2,1H3,(H,15,16);1H. The van der Waals surface area contributed by atoms with Crippen molar-refractivity contribution < 1.29 is 4.79 Å². The van der Waals surface area contributed by atoms with Gasteiger partial charge in [0.1, 0.15) is 4.88 Å². The third-order valence-corrected chi connectivity index (χ3v) is 4.52. The summed E-state index contributed by atoms with van der Waals surface area (Å²) in [6, 6.07) is 1.75. The van der Waals surface area contributed by atoms with E-state index in [0.717, 1.165) is 19.5 Å². The van der Waals surface area contributed by atoms with Gasteiger partial charge in [-0.25, -0.2) is 0 Å². The lowest BCUT2D eigenvalue weighted by Crippen LogP contribution is -2.45. The third-order valence-electron chi connectivity index (χ3n) is 3.18. The molecule has 0 saturated carbocycles. The zero-order valence-corrected chi connectivity index (χ0v) is 12.7. The second-order valence-electron chi connectivity index (χ2n) is 4.87. The van der Waals surface area contributed by atoms with Crippen LogP contribution in [0.15, 0.2) is 11.4 Å². The summed E-state index contributed by atoms with van der Waals surface area (Å²) < 4.78 is 0. The van der Waals surface area contributed by atoms with Gasteiger partial charge in [-0.15, -0.1) is 23.7 Å². The number of thiophene rings is 1. The summed E-state index contributed by atoms with van der Waals surface area (Å²) in [5, 5.41) is 8.73. The van der Waals surface area contributed by atoms with Gasteiger partial charge in [0, 0.05) is 13.1 Å². The van der Waals surface area contributed by atoms with E-state index in [4.69, 9.17) is 11.6 Å². The Kier molecular flexibility index (Phi) is 5.92. The maximum Gasteiger partial charge on any atom is 0.262 e. The summed E-state index contributed by atoms with van der Waals surface area (Å²) in [7, 11) is 0.